The fourth-order valence-electron chi connectivity index (χ4n) is 2.68. The third-order valence-corrected chi connectivity index (χ3v) is 4.60. The Morgan fingerprint density at radius 2 is 2.15 bits per heavy atom. The quantitative estimate of drug-likeness (QED) is 0.901. The molecule has 2 rings (SSSR count). The number of aryl methyl sites for hydroxylation is 1. The van der Waals surface area contributed by atoms with Crippen LogP contribution in [0.15, 0.2) is 18.2 Å². The van der Waals surface area contributed by atoms with Crippen LogP contribution < -0.4 is 5.32 Å². The number of rotatable bonds is 3. The van der Waals surface area contributed by atoms with Crippen molar-refractivity contribution in [2.24, 2.45) is 5.41 Å². The molecule has 0 bridgehead atoms. The van der Waals surface area contributed by atoms with Crippen molar-refractivity contribution in [1.29, 1.82) is 0 Å². The van der Waals surface area contributed by atoms with Crippen LogP contribution in [-0.4, -0.2) is 23.0 Å². The smallest absolute Gasteiger partial charge is 0.311 e. The highest BCUT2D eigenvalue weighted by Gasteiger charge is 2.45. The fourth-order valence-corrected chi connectivity index (χ4v) is 2.80. The summed E-state index contributed by atoms with van der Waals surface area (Å²) in [5.41, 5.74) is 0.454. The maximum Gasteiger partial charge on any atom is 0.311 e. The first-order chi connectivity index (χ1) is 9.34. The van der Waals surface area contributed by atoms with Crippen LogP contribution in [0.4, 0.5) is 0 Å². The highest BCUT2D eigenvalue weighted by Crippen LogP contribution is 2.38. The van der Waals surface area contributed by atoms with Gasteiger partial charge in [-0.3, -0.25) is 9.59 Å². The van der Waals surface area contributed by atoms with Crippen LogP contribution in [-0.2, 0) is 4.79 Å². The van der Waals surface area contributed by atoms with Gasteiger partial charge in [0.1, 0.15) is 0 Å². The molecule has 5 heteroatoms. The molecule has 0 radical (unpaired) electrons. The molecular formula is C15H18ClNO3. The Kier molecular flexibility index (Phi) is 4.04. The van der Waals surface area contributed by atoms with Gasteiger partial charge in [-0.1, -0.05) is 18.0 Å². The van der Waals surface area contributed by atoms with Gasteiger partial charge in [-0.05, 0) is 50.5 Å². The van der Waals surface area contributed by atoms with Gasteiger partial charge in [-0.2, -0.15) is 0 Å². The number of carbonyl (C=O) groups excluding carboxylic acids is 1. The molecule has 1 aliphatic rings. The number of carbonyl (C=O) groups is 2. The van der Waals surface area contributed by atoms with Gasteiger partial charge >= 0.3 is 5.97 Å². The minimum atomic E-state index is -0.878. The van der Waals surface area contributed by atoms with Crippen LogP contribution in [0.3, 0.4) is 0 Å². The lowest BCUT2D eigenvalue weighted by Crippen LogP contribution is -2.47. The molecule has 0 aliphatic heterocycles. The number of carboxylic acids is 1. The number of benzene rings is 1. The summed E-state index contributed by atoms with van der Waals surface area (Å²) in [4.78, 5) is 23.6. The standard InChI is InChI=1S/C15H18ClNO3/c1-9-8-10(5-6-11(9)16)13(18)17-12-4-3-7-15(12,2)14(19)20/h5-6,8,12H,3-4,7H2,1-2H3,(H,17,18)(H,19,20). The Morgan fingerprint density at radius 1 is 1.45 bits per heavy atom. The summed E-state index contributed by atoms with van der Waals surface area (Å²) < 4.78 is 0. The van der Waals surface area contributed by atoms with Crippen molar-refractivity contribution in [3.63, 3.8) is 0 Å². The third kappa shape index (κ3) is 2.66. The highest BCUT2D eigenvalue weighted by atomic mass is 35.5. The summed E-state index contributed by atoms with van der Waals surface area (Å²) in [6.45, 7) is 3.52. The first-order valence-electron chi connectivity index (χ1n) is 6.65. The van der Waals surface area contributed by atoms with Crippen molar-refractivity contribution >= 4 is 23.5 Å². The molecule has 2 unspecified atom stereocenters. The molecule has 1 saturated carbocycles. The highest BCUT2D eigenvalue weighted by molar-refractivity contribution is 6.31. The van der Waals surface area contributed by atoms with Crippen molar-refractivity contribution in [1.82, 2.24) is 5.32 Å². The van der Waals surface area contributed by atoms with Gasteiger partial charge in [0.25, 0.3) is 5.91 Å². The molecule has 2 atom stereocenters. The Hall–Kier alpha value is -1.55. The van der Waals surface area contributed by atoms with Crippen molar-refractivity contribution < 1.29 is 14.7 Å². The van der Waals surface area contributed by atoms with Crippen molar-refractivity contribution in [2.45, 2.75) is 39.2 Å². The summed E-state index contributed by atoms with van der Waals surface area (Å²) in [6.07, 6.45) is 2.10. The summed E-state index contributed by atoms with van der Waals surface area (Å²) in [5, 5.41) is 12.8. The third-order valence-electron chi connectivity index (χ3n) is 4.17. The molecule has 4 nitrogen and oxygen atoms in total. The zero-order chi connectivity index (χ0) is 14.9. The first kappa shape index (κ1) is 14.9. The van der Waals surface area contributed by atoms with Crippen molar-refractivity contribution in [2.75, 3.05) is 0 Å². The van der Waals surface area contributed by atoms with E-state index in [1.165, 1.54) is 0 Å². The van der Waals surface area contributed by atoms with E-state index in [2.05, 4.69) is 5.32 Å². The summed E-state index contributed by atoms with van der Waals surface area (Å²) >= 11 is 5.93. The zero-order valence-corrected chi connectivity index (χ0v) is 12.3. The molecule has 108 valence electrons. The average Bonchev–Trinajstić information content (AvgIpc) is 2.75. The molecule has 1 fully saturated rings. The Labute approximate surface area is 123 Å². The van der Waals surface area contributed by atoms with E-state index in [4.69, 9.17) is 11.6 Å². The summed E-state index contributed by atoms with van der Waals surface area (Å²) in [5.74, 6) is -1.10. The molecular weight excluding hydrogens is 278 g/mol. The van der Waals surface area contributed by atoms with E-state index >= 15 is 0 Å². The second-order valence-corrected chi connectivity index (χ2v) is 6.01. The number of aliphatic carboxylic acids is 1. The molecule has 2 N–H and O–H groups in total. The number of hydrogen-bond donors (Lipinski definition) is 2. The molecule has 0 aromatic heterocycles. The van der Waals surface area contributed by atoms with Gasteiger partial charge in [0.2, 0.25) is 0 Å². The van der Waals surface area contributed by atoms with Crippen LogP contribution in [0.5, 0.6) is 0 Å². The maximum absolute atomic E-state index is 12.2. The van der Waals surface area contributed by atoms with Crippen LogP contribution in [0.1, 0.15) is 42.1 Å². The summed E-state index contributed by atoms with van der Waals surface area (Å²) in [7, 11) is 0. The van der Waals surface area contributed by atoms with Crippen LogP contribution in [0.2, 0.25) is 5.02 Å². The Morgan fingerprint density at radius 3 is 2.75 bits per heavy atom. The normalized spacial score (nSPS) is 25.4. The predicted molar refractivity (Wildman–Crippen MR) is 77.0 cm³/mol. The van der Waals surface area contributed by atoms with Gasteiger partial charge in [0.15, 0.2) is 0 Å². The number of nitrogens with one attached hydrogen (secondary N) is 1. The van der Waals surface area contributed by atoms with Gasteiger partial charge in [0, 0.05) is 16.6 Å². The Balaban J connectivity index is 2.15. The van der Waals surface area contributed by atoms with Gasteiger partial charge < -0.3 is 10.4 Å². The molecule has 1 aromatic rings. The lowest BCUT2D eigenvalue weighted by atomic mass is 9.85. The molecule has 0 spiro atoms. The van der Waals surface area contributed by atoms with Crippen LogP contribution in [0, 0.1) is 12.3 Å². The second kappa shape index (κ2) is 5.44. The van der Waals surface area contributed by atoms with E-state index in [-0.39, 0.29) is 11.9 Å². The molecule has 20 heavy (non-hydrogen) atoms. The van der Waals surface area contributed by atoms with E-state index < -0.39 is 11.4 Å². The molecule has 0 saturated heterocycles. The number of hydrogen-bond acceptors (Lipinski definition) is 2. The lowest BCUT2D eigenvalue weighted by molar-refractivity contribution is -0.148. The first-order valence-corrected chi connectivity index (χ1v) is 7.03. The maximum atomic E-state index is 12.2. The Bertz CT molecular complexity index is 558. The molecule has 1 amide bonds. The lowest BCUT2D eigenvalue weighted by Gasteiger charge is -2.27. The number of amides is 1. The molecule has 0 heterocycles. The monoisotopic (exact) mass is 295 g/mol. The van der Waals surface area contributed by atoms with Gasteiger partial charge in [-0.25, -0.2) is 0 Å². The SMILES string of the molecule is Cc1cc(C(=O)NC2CCCC2(C)C(=O)O)ccc1Cl. The van der Waals surface area contributed by atoms with E-state index in [0.29, 0.717) is 23.4 Å². The molecule has 1 aliphatic carbocycles. The fraction of sp³-hybridized carbons (Fsp3) is 0.467. The number of halogens is 1. The zero-order valence-electron chi connectivity index (χ0n) is 11.6. The summed E-state index contributed by atoms with van der Waals surface area (Å²) in [6, 6.07) is 4.71. The minimum absolute atomic E-state index is 0.246. The topological polar surface area (TPSA) is 66.4 Å². The van der Waals surface area contributed by atoms with E-state index in [1.807, 2.05) is 6.92 Å². The minimum Gasteiger partial charge on any atom is -0.481 e. The predicted octanol–water partition coefficient (Wildman–Crippen LogP) is 3.02. The molecule has 1 aromatic carbocycles. The van der Waals surface area contributed by atoms with Gasteiger partial charge in [-0.15, -0.1) is 0 Å². The van der Waals surface area contributed by atoms with E-state index in [1.54, 1.807) is 25.1 Å². The number of carboxylic acid groups (broad SMARTS) is 1. The van der Waals surface area contributed by atoms with Crippen LogP contribution >= 0.6 is 11.6 Å². The van der Waals surface area contributed by atoms with Crippen molar-refractivity contribution in [3.8, 4) is 0 Å². The van der Waals surface area contributed by atoms with E-state index in [0.717, 1.165) is 12.0 Å². The second-order valence-electron chi connectivity index (χ2n) is 5.60. The average molecular weight is 296 g/mol. The van der Waals surface area contributed by atoms with Gasteiger partial charge in [0.05, 0.1) is 5.41 Å². The van der Waals surface area contributed by atoms with Crippen LogP contribution in [0.25, 0.3) is 0 Å². The van der Waals surface area contributed by atoms with E-state index in [9.17, 15) is 14.7 Å². The largest absolute Gasteiger partial charge is 0.481 e. The van der Waals surface area contributed by atoms with Crippen molar-refractivity contribution in [3.05, 3.63) is 34.3 Å².